The minimum absolute atomic E-state index is 0.152. The summed E-state index contributed by atoms with van der Waals surface area (Å²) in [4.78, 5) is 1.80. The van der Waals surface area contributed by atoms with Crippen molar-refractivity contribution in [3.05, 3.63) is 35.9 Å². The highest BCUT2D eigenvalue weighted by Gasteiger charge is 2.30. The summed E-state index contributed by atoms with van der Waals surface area (Å²) < 4.78 is 5.46. The highest BCUT2D eigenvalue weighted by molar-refractivity contribution is 5.70. The molecule has 0 aromatic heterocycles. The van der Waals surface area contributed by atoms with Crippen molar-refractivity contribution in [1.82, 2.24) is 4.90 Å². The topological polar surface area (TPSA) is 56.5 Å². The Balaban J connectivity index is 1.85. The zero-order valence-electron chi connectivity index (χ0n) is 10.7. The molecule has 1 aromatic rings. The quantitative estimate of drug-likeness (QED) is 0.621. The summed E-state index contributed by atoms with van der Waals surface area (Å²) in [6, 6.07) is 9.96. The van der Waals surface area contributed by atoms with Gasteiger partial charge in [-0.15, -0.1) is 0 Å². The summed E-state index contributed by atoms with van der Waals surface area (Å²) in [6.45, 7) is 3.46. The van der Waals surface area contributed by atoms with Crippen LogP contribution in [0.5, 0.6) is 0 Å². The Labute approximate surface area is 108 Å². The molecule has 4 heteroatoms. The van der Waals surface area contributed by atoms with Gasteiger partial charge < -0.3 is 14.7 Å². The molecule has 0 amide bonds. The predicted octanol–water partition coefficient (Wildman–Crippen LogP) is 1.98. The fraction of sp³-hybridized carbons (Fsp3) is 0.500. The molecule has 1 aliphatic heterocycles. The number of piperidine rings is 1. The second-order valence-corrected chi connectivity index (χ2v) is 5.10. The highest BCUT2D eigenvalue weighted by atomic mass is 16.5. The van der Waals surface area contributed by atoms with Crippen molar-refractivity contribution in [2.45, 2.75) is 32.0 Å². The van der Waals surface area contributed by atoms with E-state index in [1.807, 2.05) is 37.3 Å². The first-order valence-corrected chi connectivity index (χ1v) is 6.29. The van der Waals surface area contributed by atoms with Crippen LogP contribution in [0.15, 0.2) is 30.3 Å². The second kappa shape index (κ2) is 5.40. The van der Waals surface area contributed by atoms with E-state index < -0.39 is 5.60 Å². The van der Waals surface area contributed by atoms with Gasteiger partial charge in [-0.1, -0.05) is 30.3 Å². The van der Waals surface area contributed by atoms with Crippen molar-refractivity contribution >= 4 is 6.02 Å². The summed E-state index contributed by atoms with van der Waals surface area (Å²) in [5, 5.41) is 17.9. The van der Waals surface area contributed by atoms with Crippen LogP contribution >= 0.6 is 0 Å². The van der Waals surface area contributed by atoms with Crippen LogP contribution in [0.25, 0.3) is 0 Å². The Hall–Kier alpha value is -1.55. The van der Waals surface area contributed by atoms with Crippen molar-refractivity contribution < 1.29 is 9.84 Å². The van der Waals surface area contributed by atoms with E-state index in [0.717, 1.165) is 24.9 Å². The van der Waals surface area contributed by atoms with Gasteiger partial charge in [-0.3, -0.25) is 5.41 Å². The smallest absolute Gasteiger partial charge is 0.284 e. The molecule has 0 spiro atoms. The lowest BCUT2D eigenvalue weighted by atomic mass is 9.95. The fourth-order valence-electron chi connectivity index (χ4n) is 2.21. The highest BCUT2D eigenvalue weighted by Crippen LogP contribution is 2.20. The molecule has 2 N–H and O–H groups in total. The predicted molar refractivity (Wildman–Crippen MR) is 70.4 cm³/mol. The lowest BCUT2D eigenvalue weighted by Crippen LogP contribution is -2.48. The molecule has 0 radical (unpaired) electrons. The van der Waals surface area contributed by atoms with Gasteiger partial charge in [0.2, 0.25) is 0 Å². The summed E-state index contributed by atoms with van der Waals surface area (Å²) in [7, 11) is 0. The van der Waals surface area contributed by atoms with Crippen molar-refractivity contribution in [3.8, 4) is 0 Å². The molecule has 0 aliphatic carbocycles. The number of rotatable bonds is 2. The van der Waals surface area contributed by atoms with E-state index in [4.69, 9.17) is 10.1 Å². The Morgan fingerprint density at radius 1 is 1.44 bits per heavy atom. The molecule has 1 atom stereocenters. The largest absolute Gasteiger partial charge is 0.460 e. The third kappa shape index (κ3) is 3.47. The molecule has 1 saturated heterocycles. The zero-order valence-corrected chi connectivity index (χ0v) is 10.7. The first-order valence-electron chi connectivity index (χ1n) is 6.29. The molecule has 1 heterocycles. The molecule has 1 aromatic carbocycles. The standard InChI is InChI=1S/C14H20N2O2/c1-14(17)8-5-9-16(11-14)13(15)18-10-12-6-3-2-4-7-12/h2-4,6-7,15,17H,5,8-11H2,1H3. The summed E-state index contributed by atoms with van der Waals surface area (Å²) in [6.07, 6.45) is 1.68. The van der Waals surface area contributed by atoms with Crippen LogP contribution in [0, 0.1) is 5.41 Å². The minimum atomic E-state index is -0.708. The summed E-state index contributed by atoms with van der Waals surface area (Å²) in [5.74, 6) is 0. The molecule has 18 heavy (non-hydrogen) atoms. The van der Waals surface area contributed by atoms with Crippen molar-refractivity contribution in [2.24, 2.45) is 0 Å². The van der Waals surface area contributed by atoms with Crippen molar-refractivity contribution in [2.75, 3.05) is 13.1 Å². The number of likely N-dealkylation sites (tertiary alicyclic amines) is 1. The van der Waals surface area contributed by atoms with Crippen LogP contribution in [0.3, 0.4) is 0 Å². The van der Waals surface area contributed by atoms with E-state index in [-0.39, 0.29) is 6.02 Å². The van der Waals surface area contributed by atoms with E-state index in [0.29, 0.717) is 13.2 Å². The molecule has 1 aliphatic rings. The van der Waals surface area contributed by atoms with Gasteiger partial charge in [0.05, 0.1) is 12.1 Å². The molecule has 0 bridgehead atoms. The first-order chi connectivity index (χ1) is 8.57. The number of benzene rings is 1. The molecule has 4 nitrogen and oxygen atoms in total. The SMILES string of the molecule is CC1(O)CCCN(C(=N)OCc2ccccc2)C1. The Morgan fingerprint density at radius 2 is 2.17 bits per heavy atom. The Bertz CT molecular complexity index is 404. The second-order valence-electron chi connectivity index (χ2n) is 5.10. The monoisotopic (exact) mass is 248 g/mol. The number of hydrogen-bond donors (Lipinski definition) is 2. The van der Waals surface area contributed by atoms with Crippen LogP contribution in [0.4, 0.5) is 0 Å². The number of hydrogen-bond acceptors (Lipinski definition) is 3. The van der Waals surface area contributed by atoms with Crippen LogP contribution in [0.2, 0.25) is 0 Å². The van der Waals surface area contributed by atoms with Gasteiger partial charge in [-0.2, -0.15) is 0 Å². The van der Waals surface area contributed by atoms with Gasteiger partial charge in [0, 0.05) is 6.54 Å². The molecule has 98 valence electrons. The Kier molecular flexibility index (Phi) is 3.87. The maximum atomic E-state index is 9.99. The van der Waals surface area contributed by atoms with Crippen LogP contribution in [-0.4, -0.2) is 34.7 Å². The number of amidine groups is 1. The summed E-state index contributed by atoms with van der Waals surface area (Å²) in [5.41, 5.74) is 0.340. The molecule has 0 saturated carbocycles. The van der Waals surface area contributed by atoms with Crippen LogP contribution in [-0.2, 0) is 11.3 Å². The maximum Gasteiger partial charge on any atom is 0.284 e. The molecular weight excluding hydrogens is 228 g/mol. The number of ether oxygens (including phenoxy) is 1. The fourth-order valence-corrected chi connectivity index (χ4v) is 2.21. The van der Waals surface area contributed by atoms with E-state index >= 15 is 0 Å². The third-order valence-corrected chi connectivity index (χ3v) is 3.18. The zero-order chi connectivity index (χ0) is 13.0. The van der Waals surface area contributed by atoms with Crippen molar-refractivity contribution in [3.63, 3.8) is 0 Å². The van der Waals surface area contributed by atoms with Gasteiger partial charge >= 0.3 is 0 Å². The summed E-state index contributed by atoms with van der Waals surface area (Å²) >= 11 is 0. The normalized spacial score (nSPS) is 23.8. The average molecular weight is 248 g/mol. The van der Waals surface area contributed by atoms with E-state index in [1.54, 1.807) is 4.90 Å². The Morgan fingerprint density at radius 3 is 2.83 bits per heavy atom. The average Bonchev–Trinajstić information content (AvgIpc) is 2.36. The lowest BCUT2D eigenvalue weighted by Gasteiger charge is -2.37. The van der Waals surface area contributed by atoms with Crippen molar-refractivity contribution in [1.29, 1.82) is 5.41 Å². The van der Waals surface area contributed by atoms with Crippen LogP contribution in [0.1, 0.15) is 25.3 Å². The van der Waals surface area contributed by atoms with Gasteiger partial charge in [0.15, 0.2) is 0 Å². The number of β-amino-alcohol motifs (C(OH)–C–C–N with tert-alkyl or cyclic N) is 1. The van der Waals surface area contributed by atoms with Gasteiger partial charge in [0.1, 0.15) is 6.61 Å². The van der Waals surface area contributed by atoms with Gasteiger partial charge in [-0.05, 0) is 25.3 Å². The van der Waals surface area contributed by atoms with Gasteiger partial charge in [-0.25, -0.2) is 0 Å². The molecule has 1 unspecified atom stereocenters. The minimum Gasteiger partial charge on any atom is -0.460 e. The molecule has 2 rings (SSSR count). The molecular formula is C14H20N2O2. The first kappa shape index (κ1) is 12.9. The van der Waals surface area contributed by atoms with E-state index in [9.17, 15) is 5.11 Å². The maximum absolute atomic E-state index is 9.99. The van der Waals surface area contributed by atoms with Crippen LogP contribution < -0.4 is 0 Å². The number of nitrogens with one attached hydrogen (secondary N) is 1. The lowest BCUT2D eigenvalue weighted by molar-refractivity contribution is -0.00264. The van der Waals surface area contributed by atoms with Gasteiger partial charge in [0.25, 0.3) is 6.02 Å². The number of nitrogens with zero attached hydrogens (tertiary/aromatic N) is 1. The van der Waals surface area contributed by atoms with E-state index in [2.05, 4.69) is 0 Å². The number of aliphatic hydroxyl groups is 1. The third-order valence-electron chi connectivity index (χ3n) is 3.18. The molecule has 1 fully saturated rings. The van der Waals surface area contributed by atoms with E-state index in [1.165, 1.54) is 0 Å².